The van der Waals surface area contributed by atoms with Crippen LogP contribution in [0, 0.1) is 0 Å². The summed E-state index contributed by atoms with van der Waals surface area (Å²) in [7, 11) is 0. The second kappa shape index (κ2) is 6.61. The van der Waals surface area contributed by atoms with Crippen LogP contribution in [0.25, 0.3) is 0 Å². The van der Waals surface area contributed by atoms with Gasteiger partial charge in [-0.1, -0.05) is 31.4 Å². The monoisotopic (exact) mass is 286 g/mol. The van der Waals surface area contributed by atoms with Gasteiger partial charge in [-0.2, -0.15) is 0 Å². The molecule has 1 N–H and O–H groups in total. The summed E-state index contributed by atoms with van der Waals surface area (Å²) < 4.78 is 0. The Labute approximate surface area is 127 Å². The fourth-order valence-electron chi connectivity index (χ4n) is 3.64. The molecule has 1 amide bonds. The Morgan fingerprint density at radius 2 is 1.86 bits per heavy atom. The molecule has 2 fully saturated rings. The van der Waals surface area contributed by atoms with Gasteiger partial charge in [0.25, 0.3) is 5.91 Å². The van der Waals surface area contributed by atoms with Gasteiger partial charge in [0, 0.05) is 31.2 Å². The summed E-state index contributed by atoms with van der Waals surface area (Å²) in [6, 6.07) is 8.69. The van der Waals surface area contributed by atoms with Gasteiger partial charge >= 0.3 is 0 Å². The quantitative estimate of drug-likeness (QED) is 0.905. The molecule has 114 valence electrons. The van der Waals surface area contributed by atoms with Crippen molar-refractivity contribution in [1.29, 1.82) is 0 Å². The molecule has 1 aliphatic heterocycles. The fourth-order valence-corrected chi connectivity index (χ4v) is 3.64. The lowest BCUT2D eigenvalue weighted by Crippen LogP contribution is -2.52. The standard InChI is InChI=1S/C18H26N2O/c1-14-13-19-11-12-20(14)18(21)17-9-7-16(8-10-17)15-5-3-2-4-6-15/h7-10,14-15,19H,2-6,11-13H2,1H3/t14-/m1/s1. The summed E-state index contributed by atoms with van der Waals surface area (Å²) in [5, 5.41) is 3.33. The molecule has 3 rings (SSSR count). The minimum Gasteiger partial charge on any atom is -0.333 e. The zero-order chi connectivity index (χ0) is 14.7. The number of carbonyl (C=O) groups is 1. The number of carbonyl (C=O) groups excluding carboxylic acids is 1. The third kappa shape index (κ3) is 3.29. The summed E-state index contributed by atoms with van der Waals surface area (Å²) in [4.78, 5) is 14.6. The lowest BCUT2D eigenvalue weighted by molar-refractivity contribution is 0.0655. The molecule has 1 saturated carbocycles. The zero-order valence-corrected chi connectivity index (χ0v) is 13.0. The lowest BCUT2D eigenvalue weighted by atomic mass is 9.84. The zero-order valence-electron chi connectivity index (χ0n) is 13.0. The molecule has 1 aliphatic carbocycles. The number of rotatable bonds is 2. The van der Waals surface area contributed by atoms with Crippen LogP contribution < -0.4 is 5.32 Å². The molecule has 2 aliphatic rings. The Bertz CT molecular complexity index is 476. The van der Waals surface area contributed by atoms with Crippen LogP contribution in [0.3, 0.4) is 0 Å². The predicted octanol–water partition coefficient (Wildman–Crippen LogP) is 3.17. The highest BCUT2D eigenvalue weighted by atomic mass is 16.2. The maximum absolute atomic E-state index is 12.6. The molecule has 1 saturated heterocycles. The molecule has 3 heteroatoms. The average molecular weight is 286 g/mol. The van der Waals surface area contributed by atoms with Crippen LogP contribution in [0.15, 0.2) is 24.3 Å². The second-order valence-electron chi connectivity index (χ2n) is 6.51. The molecule has 0 aromatic heterocycles. The Morgan fingerprint density at radius 3 is 2.52 bits per heavy atom. The van der Waals surface area contributed by atoms with Gasteiger partial charge in [0.2, 0.25) is 0 Å². The molecular weight excluding hydrogens is 260 g/mol. The van der Waals surface area contributed by atoms with E-state index in [1.807, 2.05) is 17.0 Å². The van der Waals surface area contributed by atoms with Gasteiger partial charge in [0.05, 0.1) is 0 Å². The van der Waals surface area contributed by atoms with Crippen LogP contribution in [-0.4, -0.2) is 36.5 Å². The van der Waals surface area contributed by atoms with Gasteiger partial charge in [-0.05, 0) is 43.4 Å². The summed E-state index contributed by atoms with van der Waals surface area (Å²) in [5.74, 6) is 0.889. The molecule has 0 unspecified atom stereocenters. The van der Waals surface area contributed by atoms with Crippen molar-refractivity contribution in [3.05, 3.63) is 35.4 Å². The smallest absolute Gasteiger partial charge is 0.254 e. The minimum absolute atomic E-state index is 0.180. The number of nitrogens with one attached hydrogen (secondary N) is 1. The van der Waals surface area contributed by atoms with Crippen molar-refractivity contribution >= 4 is 5.91 Å². The number of hydrogen-bond donors (Lipinski definition) is 1. The van der Waals surface area contributed by atoms with Gasteiger partial charge in [0.1, 0.15) is 0 Å². The first-order chi connectivity index (χ1) is 10.3. The van der Waals surface area contributed by atoms with E-state index in [2.05, 4.69) is 24.4 Å². The Balaban J connectivity index is 1.69. The molecule has 0 bridgehead atoms. The van der Waals surface area contributed by atoms with Crippen molar-refractivity contribution in [3.8, 4) is 0 Å². The first kappa shape index (κ1) is 14.6. The van der Waals surface area contributed by atoms with E-state index in [4.69, 9.17) is 0 Å². The van der Waals surface area contributed by atoms with Crippen molar-refractivity contribution in [2.24, 2.45) is 0 Å². The van der Waals surface area contributed by atoms with Crippen LogP contribution in [0.4, 0.5) is 0 Å². The SMILES string of the molecule is C[C@@H]1CNCCN1C(=O)c1ccc(C2CCCCC2)cc1. The molecular formula is C18H26N2O. The number of piperazine rings is 1. The molecule has 3 nitrogen and oxygen atoms in total. The predicted molar refractivity (Wildman–Crippen MR) is 85.6 cm³/mol. The first-order valence-electron chi connectivity index (χ1n) is 8.37. The van der Waals surface area contributed by atoms with E-state index in [-0.39, 0.29) is 11.9 Å². The highest BCUT2D eigenvalue weighted by Crippen LogP contribution is 2.32. The third-order valence-electron chi connectivity index (χ3n) is 5.00. The van der Waals surface area contributed by atoms with E-state index >= 15 is 0 Å². The van der Waals surface area contributed by atoms with E-state index in [9.17, 15) is 4.79 Å². The Morgan fingerprint density at radius 1 is 1.14 bits per heavy atom. The topological polar surface area (TPSA) is 32.3 Å². The van der Waals surface area contributed by atoms with Crippen LogP contribution in [-0.2, 0) is 0 Å². The van der Waals surface area contributed by atoms with Gasteiger partial charge in [0.15, 0.2) is 0 Å². The molecule has 0 radical (unpaired) electrons. The van der Waals surface area contributed by atoms with Crippen molar-refractivity contribution in [3.63, 3.8) is 0 Å². The fraction of sp³-hybridized carbons (Fsp3) is 0.611. The Kier molecular flexibility index (Phi) is 4.59. The maximum atomic E-state index is 12.6. The third-order valence-corrected chi connectivity index (χ3v) is 5.00. The van der Waals surface area contributed by atoms with Crippen molar-refractivity contribution in [1.82, 2.24) is 10.2 Å². The number of nitrogens with zero attached hydrogens (tertiary/aromatic N) is 1. The van der Waals surface area contributed by atoms with Crippen LogP contribution in [0.5, 0.6) is 0 Å². The van der Waals surface area contributed by atoms with E-state index in [0.29, 0.717) is 5.92 Å². The largest absolute Gasteiger partial charge is 0.333 e. The molecule has 21 heavy (non-hydrogen) atoms. The highest BCUT2D eigenvalue weighted by Gasteiger charge is 2.24. The number of hydrogen-bond acceptors (Lipinski definition) is 2. The maximum Gasteiger partial charge on any atom is 0.254 e. The summed E-state index contributed by atoms with van der Waals surface area (Å²) in [6.07, 6.45) is 6.70. The van der Waals surface area contributed by atoms with Crippen molar-refractivity contribution in [2.45, 2.75) is 51.0 Å². The van der Waals surface area contributed by atoms with Gasteiger partial charge < -0.3 is 10.2 Å². The van der Waals surface area contributed by atoms with Crippen LogP contribution in [0.1, 0.15) is 60.9 Å². The number of amides is 1. The minimum atomic E-state index is 0.180. The molecule has 1 atom stereocenters. The Hall–Kier alpha value is -1.35. The highest BCUT2D eigenvalue weighted by molar-refractivity contribution is 5.94. The van der Waals surface area contributed by atoms with Crippen molar-refractivity contribution < 1.29 is 4.79 Å². The normalized spacial score (nSPS) is 24.0. The molecule has 1 heterocycles. The first-order valence-corrected chi connectivity index (χ1v) is 8.37. The van der Waals surface area contributed by atoms with Crippen molar-refractivity contribution in [2.75, 3.05) is 19.6 Å². The molecule has 1 aromatic carbocycles. The van der Waals surface area contributed by atoms with Gasteiger partial charge in [-0.25, -0.2) is 0 Å². The second-order valence-corrected chi connectivity index (χ2v) is 6.51. The lowest BCUT2D eigenvalue weighted by Gasteiger charge is -2.34. The summed E-state index contributed by atoms with van der Waals surface area (Å²) in [6.45, 7) is 4.72. The van der Waals surface area contributed by atoms with Crippen LogP contribution >= 0.6 is 0 Å². The number of benzene rings is 1. The van der Waals surface area contributed by atoms with E-state index in [1.165, 1.54) is 37.7 Å². The summed E-state index contributed by atoms with van der Waals surface area (Å²) >= 11 is 0. The van der Waals surface area contributed by atoms with Crippen LogP contribution in [0.2, 0.25) is 0 Å². The van der Waals surface area contributed by atoms with E-state index in [1.54, 1.807) is 0 Å². The van der Waals surface area contributed by atoms with E-state index < -0.39 is 0 Å². The van der Waals surface area contributed by atoms with Gasteiger partial charge in [-0.3, -0.25) is 4.79 Å². The average Bonchev–Trinajstić information content (AvgIpc) is 2.56. The molecule has 0 spiro atoms. The molecule has 1 aromatic rings. The van der Waals surface area contributed by atoms with Gasteiger partial charge in [-0.15, -0.1) is 0 Å². The van der Waals surface area contributed by atoms with E-state index in [0.717, 1.165) is 25.2 Å². The summed E-state index contributed by atoms with van der Waals surface area (Å²) in [5.41, 5.74) is 2.25.